The second-order valence-electron chi connectivity index (χ2n) is 7.65. The Morgan fingerprint density at radius 3 is 2.47 bits per heavy atom. The molecule has 34 heavy (non-hydrogen) atoms. The Bertz CT molecular complexity index is 1370. The molecule has 0 aliphatic heterocycles. The monoisotopic (exact) mass is 472 g/mol. The Balaban J connectivity index is 1.86. The van der Waals surface area contributed by atoms with Gasteiger partial charge in [-0.2, -0.15) is 18.3 Å². The summed E-state index contributed by atoms with van der Waals surface area (Å²) in [5.74, 6) is -1.04. The number of alkyl halides is 3. The molecule has 4 rings (SSSR count). The number of aromatic nitrogens is 3. The van der Waals surface area contributed by atoms with Gasteiger partial charge in [-0.05, 0) is 48.0 Å². The predicted octanol–water partition coefficient (Wildman–Crippen LogP) is 4.31. The summed E-state index contributed by atoms with van der Waals surface area (Å²) in [5, 5.41) is 18.0. The first kappa shape index (κ1) is 23.2. The maximum Gasteiger partial charge on any atom is 0.425 e. The zero-order chi connectivity index (χ0) is 24.7. The van der Waals surface area contributed by atoms with Crippen LogP contribution < -0.4 is 5.32 Å². The minimum Gasteiger partial charge on any atom is -0.372 e. The van der Waals surface area contributed by atoms with Crippen molar-refractivity contribution < 1.29 is 27.5 Å². The minimum absolute atomic E-state index is 0.0507. The van der Waals surface area contributed by atoms with Gasteiger partial charge in [0.25, 0.3) is 5.91 Å². The summed E-state index contributed by atoms with van der Waals surface area (Å²) in [6.45, 7) is 3.63. The van der Waals surface area contributed by atoms with Gasteiger partial charge in [0.1, 0.15) is 11.5 Å². The number of amides is 1. The second-order valence-corrected chi connectivity index (χ2v) is 7.65. The predicted molar refractivity (Wildman–Crippen MR) is 118 cm³/mol. The molecule has 0 radical (unpaired) electrons. The highest BCUT2D eigenvalue weighted by atomic mass is 19.4. The first-order chi connectivity index (χ1) is 16.1. The van der Waals surface area contributed by atoms with Crippen LogP contribution >= 0.6 is 0 Å². The Morgan fingerprint density at radius 1 is 1.15 bits per heavy atom. The van der Waals surface area contributed by atoms with E-state index in [1.807, 2.05) is 0 Å². The average Bonchev–Trinajstić information content (AvgIpc) is 3.42. The van der Waals surface area contributed by atoms with Crippen LogP contribution in [0.2, 0.25) is 0 Å². The minimum atomic E-state index is -5.10. The van der Waals surface area contributed by atoms with Crippen molar-refractivity contribution in [1.29, 1.82) is 0 Å². The Hall–Kier alpha value is -3.92. The van der Waals surface area contributed by atoms with Gasteiger partial charge in [0.15, 0.2) is 0 Å². The van der Waals surface area contributed by atoms with E-state index in [0.717, 1.165) is 18.3 Å². The van der Waals surface area contributed by atoms with Gasteiger partial charge in [0.05, 0.1) is 17.4 Å². The highest BCUT2D eigenvalue weighted by Gasteiger charge is 2.57. The lowest BCUT2D eigenvalue weighted by molar-refractivity contribution is -0.248. The fourth-order valence-electron chi connectivity index (χ4n) is 3.86. The number of nitrogens with one attached hydrogen (secondary N) is 1. The number of carbonyl (C=O) groups excluding carboxylic acids is 1. The third-order valence-corrected chi connectivity index (χ3v) is 5.57. The molecule has 10 heteroatoms. The van der Waals surface area contributed by atoms with Crippen molar-refractivity contribution in [3.05, 3.63) is 96.2 Å². The topological polar surface area (TPSA) is 72.1 Å². The molecule has 2 aromatic carbocycles. The first-order valence-electron chi connectivity index (χ1n) is 10.2. The molecule has 0 spiro atoms. The lowest BCUT2D eigenvalue weighted by atomic mass is 9.86. The standard InChI is InChI=1S/C24H20F4N4O2/c1-3-10-31-14-17(12-21(31)22(33)29-2)23(34,24(26,27)28)16-4-9-20-15(11-16)13-30-32(20)19-7-5-18(25)6-8-19/h3-9,11-14,34H,1,10H2,2H3,(H,29,33). The average molecular weight is 472 g/mol. The van der Waals surface area contributed by atoms with Crippen molar-refractivity contribution in [2.45, 2.75) is 18.3 Å². The molecule has 0 aliphatic rings. The molecule has 0 aliphatic carbocycles. The van der Waals surface area contributed by atoms with E-state index in [9.17, 15) is 27.5 Å². The van der Waals surface area contributed by atoms with E-state index in [-0.39, 0.29) is 12.2 Å². The van der Waals surface area contributed by atoms with E-state index in [1.54, 1.807) is 0 Å². The van der Waals surface area contributed by atoms with Crippen LogP contribution in [-0.2, 0) is 12.1 Å². The van der Waals surface area contributed by atoms with Crippen LogP contribution in [0.15, 0.2) is 73.6 Å². The number of hydrogen-bond donors (Lipinski definition) is 2. The summed E-state index contributed by atoms with van der Waals surface area (Å²) in [6, 6.07) is 10.2. The third-order valence-electron chi connectivity index (χ3n) is 5.57. The summed E-state index contributed by atoms with van der Waals surface area (Å²) in [7, 11) is 1.36. The molecule has 0 bridgehead atoms. The summed E-state index contributed by atoms with van der Waals surface area (Å²) in [6.07, 6.45) is -1.23. The number of carbonyl (C=O) groups is 1. The van der Waals surface area contributed by atoms with Crippen molar-refractivity contribution in [2.75, 3.05) is 7.05 Å². The van der Waals surface area contributed by atoms with E-state index < -0.39 is 34.6 Å². The summed E-state index contributed by atoms with van der Waals surface area (Å²) < 4.78 is 59.1. The molecule has 2 aromatic heterocycles. The van der Waals surface area contributed by atoms with E-state index >= 15 is 0 Å². The van der Waals surface area contributed by atoms with Crippen molar-refractivity contribution in [3.63, 3.8) is 0 Å². The number of benzene rings is 2. The van der Waals surface area contributed by atoms with E-state index in [2.05, 4.69) is 17.0 Å². The van der Waals surface area contributed by atoms with Crippen LogP contribution in [0, 0.1) is 5.82 Å². The van der Waals surface area contributed by atoms with E-state index in [1.165, 1.54) is 65.0 Å². The fraction of sp³-hybridized carbons (Fsp3) is 0.167. The number of allylic oxidation sites excluding steroid dienone is 1. The first-order valence-corrected chi connectivity index (χ1v) is 10.2. The fourth-order valence-corrected chi connectivity index (χ4v) is 3.86. The van der Waals surface area contributed by atoms with Gasteiger partial charge in [0, 0.05) is 30.7 Å². The Morgan fingerprint density at radius 2 is 1.85 bits per heavy atom. The normalized spacial score (nSPS) is 13.6. The van der Waals surface area contributed by atoms with Crippen LogP contribution in [-0.4, -0.2) is 38.6 Å². The second kappa shape index (κ2) is 8.45. The molecule has 0 saturated carbocycles. The number of fused-ring (bicyclic) bond motifs is 1. The van der Waals surface area contributed by atoms with Gasteiger partial charge < -0.3 is 15.0 Å². The van der Waals surface area contributed by atoms with Crippen molar-refractivity contribution in [3.8, 4) is 5.69 Å². The third kappa shape index (κ3) is 3.75. The number of nitrogens with zero attached hydrogens (tertiary/aromatic N) is 3. The lowest BCUT2D eigenvalue weighted by Crippen LogP contribution is -2.43. The van der Waals surface area contributed by atoms with Gasteiger partial charge in [0.2, 0.25) is 5.60 Å². The molecule has 2 heterocycles. The van der Waals surface area contributed by atoms with Crippen molar-refractivity contribution >= 4 is 16.8 Å². The number of rotatable bonds is 6. The molecule has 176 valence electrons. The molecule has 1 unspecified atom stereocenters. The molecular formula is C24H20F4N4O2. The molecule has 1 amide bonds. The van der Waals surface area contributed by atoms with E-state index in [4.69, 9.17) is 0 Å². The molecule has 0 saturated heterocycles. The lowest BCUT2D eigenvalue weighted by Gasteiger charge is -2.30. The SMILES string of the molecule is C=CCn1cc(C(O)(c2ccc3c(cnn3-c3ccc(F)cc3)c2)C(F)(F)F)cc1C(=O)NC. The Kier molecular flexibility index (Phi) is 5.78. The van der Waals surface area contributed by atoms with E-state index in [0.29, 0.717) is 16.6 Å². The van der Waals surface area contributed by atoms with Crippen LogP contribution in [0.25, 0.3) is 16.6 Å². The molecule has 6 nitrogen and oxygen atoms in total. The summed E-state index contributed by atoms with van der Waals surface area (Å²) in [4.78, 5) is 12.2. The molecule has 0 fully saturated rings. The van der Waals surface area contributed by atoms with Crippen molar-refractivity contribution in [1.82, 2.24) is 19.7 Å². The summed E-state index contributed by atoms with van der Waals surface area (Å²) in [5.41, 5.74) is -3.41. The van der Waals surface area contributed by atoms with Crippen LogP contribution in [0.5, 0.6) is 0 Å². The number of hydrogen-bond acceptors (Lipinski definition) is 3. The zero-order valence-electron chi connectivity index (χ0n) is 18.0. The highest BCUT2D eigenvalue weighted by Crippen LogP contribution is 2.45. The highest BCUT2D eigenvalue weighted by molar-refractivity contribution is 5.93. The Labute approximate surface area is 191 Å². The van der Waals surface area contributed by atoms with Crippen LogP contribution in [0.1, 0.15) is 21.6 Å². The van der Waals surface area contributed by atoms with Crippen molar-refractivity contribution in [2.24, 2.45) is 0 Å². The van der Waals surface area contributed by atoms with Gasteiger partial charge in [-0.1, -0.05) is 12.1 Å². The molecule has 4 aromatic rings. The van der Waals surface area contributed by atoms with Gasteiger partial charge in [-0.3, -0.25) is 4.79 Å². The number of halogens is 4. The smallest absolute Gasteiger partial charge is 0.372 e. The summed E-state index contributed by atoms with van der Waals surface area (Å²) >= 11 is 0. The number of aliphatic hydroxyl groups is 1. The zero-order valence-corrected chi connectivity index (χ0v) is 18.0. The molecular weight excluding hydrogens is 452 g/mol. The van der Waals surface area contributed by atoms with Gasteiger partial charge in [-0.15, -0.1) is 6.58 Å². The maximum absolute atomic E-state index is 14.4. The molecule has 1 atom stereocenters. The quantitative estimate of drug-likeness (QED) is 0.325. The largest absolute Gasteiger partial charge is 0.425 e. The van der Waals surface area contributed by atoms with Gasteiger partial charge >= 0.3 is 6.18 Å². The molecule has 2 N–H and O–H groups in total. The van der Waals surface area contributed by atoms with Crippen LogP contribution in [0.4, 0.5) is 17.6 Å². The maximum atomic E-state index is 14.4. The van der Waals surface area contributed by atoms with Crippen LogP contribution in [0.3, 0.4) is 0 Å². The van der Waals surface area contributed by atoms with Gasteiger partial charge in [-0.25, -0.2) is 9.07 Å².